The predicted octanol–water partition coefficient (Wildman–Crippen LogP) is 3.59. The molecule has 1 atom stereocenters. The van der Waals surface area contributed by atoms with Crippen molar-refractivity contribution in [1.29, 1.82) is 5.26 Å². The lowest BCUT2D eigenvalue weighted by molar-refractivity contribution is -0.189. The molecule has 0 radical (unpaired) electrons. The summed E-state index contributed by atoms with van der Waals surface area (Å²) in [5.41, 5.74) is 1.93. The van der Waals surface area contributed by atoms with E-state index in [0.717, 1.165) is 31.0 Å². The normalized spacial score (nSPS) is 17.8. The minimum atomic E-state index is -4.58. The fraction of sp³-hybridized carbons (Fsp3) is 0.476. The number of aromatic nitrogens is 2. The van der Waals surface area contributed by atoms with Crippen molar-refractivity contribution in [2.24, 2.45) is 0 Å². The van der Waals surface area contributed by atoms with Crippen LogP contribution in [0.15, 0.2) is 24.4 Å². The second-order valence-electron chi connectivity index (χ2n) is 7.69. The van der Waals surface area contributed by atoms with Crippen LogP contribution in [0.4, 0.5) is 13.2 Å². The first-order valence-corrected chi connectivity index (χ1v) is 9.97. The van der Waals surface area contributed by atoms with Gasteiger partial charge in [0, 0.05) is 25.3 Å². The van der Waals surface area contributed by atoms with Gasteiger partial charge in [0.05, 0.1) is 41.7 Å². The van der Waals surface area contributed by atoms with Gasteiger partial charge in [-0.25, -0.2) is 0 Å². The Labute approximate surface area is 177 Å². The highest BCUT2D eigenvalue weighted by atomic mass is 19.4. The van der Waals surface area contributed by atoms with Gasteiger partial charge in [0.1, 0.15) is 5.75 Å². The minimum Gasteiger partial charge on any atom is -0.480 e. The molecule has 1 unspecified atom stereocenters. The molecule has 10 heteroatoms. The summed E-state index contributed by atoms with van der Waals surface area (Å²) in [6.07, 6.45) is -3.28. The zero-order valence-corrected chi connectivity index (χ0v) is 16.9. The van der Waals surface area contributed by atoms with Gasteiger partial charge in [-0.3, -0.25) is 9.48 Å². The lowest BCUT2D eigenvalue weighted by atomic mass is 10.1. The second kappa shape index (κ2) is 8.23. The molecule has 1 saturated heterocycles. The number of hydrogen-bond donors (Lipinski definition) is 0. The molecular formula is C21H21F3N4O3. The van der Waals surface area contributed by atoms with Crippen molar-refractivity contribution in [1.82, 2.24) is 14.7 Å². The van der Waals surface area contributed by atoms with Gasteiger partial charge in [0.2, 0.25) is 0 Å². The number of fused-ring (bicyclic) bond motifs is 1. The van der Waals surface area contributed by atoms with E-state index < -0.39 is 18.2 Å². The van der Waals surface area contributed by atoms with Gasteiger partial charge < -0.3 is 14.4 Å². The summed E-state index contributed by atoms with van der Waals surface area (Å²) in [6.45, 7) is 2.77. The van der Waals surface area contributed by atoms with Crippen LogP contribution in [0.2, 0.25) is 0 Å². The Bertz CT molecular complexity index is 1020. The Morgan fingerprint density at radius 1 is 1.32 bits per heavy atom. The maximum absolute atomic E-state index is 13.2. The van der Waals surface area contributed by atoms with E-state index in [4.69, 9.17) is 9.47 Å². The molecule has 3 heterocycles. The van der Waals surface area contributed by atoms with E-state index in [0.29, 0.717) is 19.8 Å². The van der Waals surface area contributed by atoms with Gasteiger partial charge in [-0.2, -0.15) is 23.5 Å². The molecule has 164 valence electrons. The fourth-order valence-corrected chi connectivity index (χ4v) is 3.86. The van der Waals surface area contributed by atoms with Crippen LogP contribution in [0.1, 0.15) is 53.0 Å². The Morgan fingerprint density at radius 2 is 2.06 bits per heavy atom. The fourth-order valence-electron chi connectivity index (χ4n) is 3.86. The summed E-state index contributed by atoms with van der Waals surface area (Å²) >= 11 is 0. The molecule has 1 amide bonds. The van der Waals surface area contributed by atoms with Crippen LogP contribution in [0.25, 0.3) is 0 Å². The van der Waals surface area contributed by atoms with E-state index in [1.807, 2.05) is 10.8 Å². The molecule has 2 aromatic rings. The first-order valence-electron chi connectivity index (χ1n) is 9.97. The van der Waals surface area contributed by atoms with Crippen molar-refractivity contribution in [3.8, 4) is 11.8 Å². The van der Waals surface area contributed by atoms with Gasteiger partial charge in [-0.05, 0) is 38.0 Å². The highest BCUT2D eigenvalue weighted by Crippen LogP contribution is 2.33. The van der Waals surface area contributed by atoms with Crippen molar-refractivity contribution in [2.75, 3.05) is 13.2 Å². The third-order valence-electron chi connectivity index (χ3n) is 5.61. The average Bonchev–Trinajstić information content (AvgIpc) is 3.34. The summed E-state index contributed by atoms with van der Waals surface area (Å²) in [7, 11) is 0. The largest absolute Gasteiger partial charge is 0.480 e. The SMILES string of the molecule is CC(Oc1ccc(C#N)cc1C(=O)N1Cc2cnn(C3CCOCC3)c2C1)C(F)(F)F. The number of hydrogen-bond acceptors (Lipinski definition) is 5. The molecule has 7 nitrogen and oxygen atoms in total. The Kier molecular flexibility index (Phi) is 5.62. The molecule has 0 aliphatic carbocycles. The van der Waals surface area contributed by atoms with E-state index >= 15 is 0 Å². The minimum absolute atomic E-state index is 0.0640. The van der Waals surface area contributed by atoms with Crippen molar-refractivity contribution < 1.29 is 27.4 Å². The second-order valence-corrected chi connectivity index (χ2v) is 7.69. The maximum atomic E-state index is 13.2. The molecular weight excluding hydrogens is 413 g/mol. The quantitative estimate of drug-likeness (QED) is 0.735. The van der Waals surface area contributed by atoms with Crippen LogP contribution in [-0.4, -0.2) is 46.1 Å². The van der Waals surface area contributed by atoms with Crippen LogP contribution < -0.4 is 4.74 Å². The maximum Gasteiger partial charge on any atom is 0.425 e. The summed E-state index contributed by atoms with van der Waals surface area (Å²) in [5.74, 6) is -0.688. The summed E-state index contributed by atoms with van der Waals surface area (Å²) in [6, 6.07) is 5.95. The van der Waals surface area contributed by atoms with Crippen LogP contribution >= 0.6 is 0 Å². The molecule has 4 rings (SSSR count). The van der Waals surface area contributed by atoms with E-state index in [1.54, 1.807) is 6.20 Å². The van der Waals surface area contributed by atoms with E-state index in [1.165, 1.54) is 23.1 Å². The number of amides is 1. The van der Waals surface area contributed by atoms with Crippen molar-refractivity contribution >= 4 is 5.91 Å². The standard InChI is InChI=1S/C21H21F3N4O3/c1-13(21(22,23)24)31-19-3-2-14(9-25)8-17(19)20(29)27-11-15-10-26-28(18(15)12-27)16-4-6-30-7-5-16/h2-3,8,10,13,16H,4-7,11-12H2,1H3. The predicted molar refractivity (Wildman–Crippen MR) is 102 cm³/mol. The molecule has 1 fully saturated rings. The van der Waals surface area contributed by atoms with E-state index in [9.17, 15) is 23.2 Å². The zero-order chi connectivity index (χ0) is 22.2. The number of rotatable bonds is 4. The summed E-state index contributed by atoms with van der Waals surface area (Å²) in [4.78, 5) is 14.8. The average molecular weight is 434 g/mol. The van der Waals surface area contributed by atoms with Gasteiger partial charge in [0.25, 0.3) is 5.91 Å². The van der Waals surface area contributed by atoms with Gasteiger partial charge in [-0.1, -0.05) is 0 Å². The van der Waals surface area contributed by atoms with Gasteiger partial charge in [-0.15, -0.1) is 0 Å². The molecule has 2 aliphatic heterocycles. The lowest BCUT2D eigenvalue weighted by Crippen LogP contribution is -2.33. The molecule has 31 heavy (non-hydrogen) atoms. The molecule has 0 spiro atoms. The van der Waals surface area contributed by atoms with Crippen LogP contribution in [-0.2, 0) is 17.8 Å². The summed E-state index contributed by atoms with van der Waals surface area (Å²) < 4.78 is 51.3. The molecule has 1 aromatic carbocycles. The third-order valence-corrected chi connectivity index (χ3v) is 5.61. The molecule has 0 N–H and O–H groups in total. The number of nitrogens with zero attached hydrogens (tertiary/aromatic N) is 4. The van der Waals surface area contributed by atoms with Crippen LogP contribution in [0.3, 0.4) is 0 Å². The van der Waals surface area contributed by atoms with Gasteiger partial charge in [0.15, 0.2) is 6.10 Å². The molecule has 0 bridgehead atoms. The highest BCUT2D eigenvalue weighted by Gasteiger charge is 2.39. The third kappa shape index (κ3) is 4.23. The Hall–Kier alpha value is -3.06. The van der Waals surface area contributed by atoms with Crippen molar-refractivity contribution in [3.63, 3.8) is 0 Å². The lowest BCUT2D eigenvalue weighted by Gasteiger charge is -2.25. The number of alkyl halides is 3. The van der Waals surface area contributed by atoms with Crippen molar-refractivity contribution in [3.05, 3.63) is 46.8 Å². The number of nitriles is 1. The van der Waals surface area contributed by atoms with E-state index in [-0.39, 0.29) is 29.5 Å². The summed E-state index contributed by atoms with van der Waals surface area (Å²) in [5, 5.41) is 13.7. The molecule has 2 aliphatic rings. The zero-order valence-electron chi connectivity index (χ0n) is 16.9. The first-order chi connectivity index (χ1) is 14.8. The van der Waals surface area contributed by atoms with Crippen LogP contribution in [0, 0.1) is 11.3 Å². The van der Waals surface area contributed by atoms with Crippen molar-refractivity contribution in [2.45, 2.75) is 51.2 Å². The van der Waals surface area contributed by atoms with Gasteiger partial charge >= 0.3 is 6.18 Å². The first kappa shape index (κ1) is 21.2. The highest BCUT2D eigenvalue weighted by molar-refractivity contribution is 5.97. The number of halogens is 3. The molecule has 0 saturated carbocycles. The Balaban J connectivity index is 1.58. The number of ether oxygens (including phenoxy) is 2. The topological polar surface area (TPSA) is 80.4 Å². The van der Waals surface area contributed by atoms with Crippen LogP contribution in [0.5, 0.6) is 5.75 Å². The number of carbonyl (C=O) groups excluding carboxylic acids is 1. The van der Waals surface area contributed by atoms with E-state index in [2.05, 4.69) is 5.10 Å². The number of carbonyl (C=O) groups is 1. The Morgan fingerprint density at radius 3 is 2.74 bits per heavy atom. The molecule has 1 aromatic heterocycles. The monoisotopic (exact) mass is 434 g/mol. The number of benzene rings is 1. The smallest absolute Gasteiger partial charge is 0.425 e.